The van der Waals surface area contributed by atoms with Gasteiger partial charge in [0.05, 0.1) is 17.8 Å². The van der Waals surface area contributed by atoms with Gasteiger partial charge in [0.2, 0.25) is 5.91 Å². The van der Waals surface area contributed by atoms with Gasteiger partial charge < -0.3 is 21.3 Å². The lowest BCUT2D eigenvalue weighted by atomic mass is 10.00. The maximum Gasteiger partial charge on any atom is 0.316 e. The summed E-state index contributed by atoms with van der Waals surface area (Å²) in [6.07, 6.45) is 3.22. The average Bonchev–Trinajstić information content (AvgIpc) is 2.75. The zero-order valence-electron chi connectivity index (χ0n) is 18.4. The number of amides is 3. The van der Waals surface area contributed by atoms with Gasteiger partial charge in [-0.2, -0.15) is 0 Å². The van der Waals surface area contributed by atoms with E-state index in [2.05, 4.69) is 15.5 Å². The third kappa shape index (κ3) is 5.52. The van der Waals surface area contributed by atoms with Crippen molar-refractivity contribution in [3.05, 3.63) is 70.0 Å². The Hall–Kier alpha value is -2.94. The van der Waals surface area contributed by atoms with Crippen molar-refractivity contribution in [1.82, 2.24) is 15.1 Å². The number of piperazine rings is 2. The molecular weight excluding hydrogens is 445 g/mol. The van der Waals surface area contributed by atoms with Crippen molar-refractivity contribution in [2.45, 2.75) is 25.6 Å². The summed E-state index contributed by atoms with van der Waals surface area (Å²) in [5.41, 5.74) is 8.25. The highest BCUT2D eigenvalue weighted by atomic mass is 35.5. The molecule has 0 saturated carbocycles. The number of rotatable bonds is 5. The highest BCUT2D eigenvalue weighted by Crippen LogP contribution is 2.27. The molecule has 4 rings (SSSR count). The number of primary amides is 1. The van der Waals surface area contributed by atoms with Gasteiger partial charge in [-0.1, -0.05) is 23.7 Å². The number of nitrogens with zero attached hydrogens (tertiary/aromatic N) is 2. The Labute approximate surface area is 197 Å². The van der Waals surface area contributed by atoms with Crippen LogP contribution in [0.3, 0.4) is 0 Å². The van der Waals surface area contributed by atoms with Crippen LogP contribution in [-0.2, 0) is 11.3 Å². The summed E-state index contributed by atoms with van der Waals surface area (Å²) in [7, 11) is 0. The standard InChI is InChI=1S/C24H27ClFN5O2/c1-15-8-17(22(9-21(15)25)29-24(27)33)4-7-23(32)31-19-10-28-11-20(31)14-30(13-19)12-16-2-5-18(26)6-3-16/h2-9,19-20,28H,10-14H2,1H3,(H3,27,29,33). The number of hydrogen-bond donors (Lipinski definition) is 3. The molecule has 9 heteroatoms. The zero-order valence-corrected chi connectivity index (χ0v) is 19.1. The predicted molar refractivity (Wildman–Crippen MR) is 127 cm³/mol. The largest absolute Gasteiger partial charge is 0.351 e. The average molecular weight is 472 g/mol. The van der Waals surface area contributed by atoms with Crippen LogP contribution >= 0.6 is 11.6 Å². The van der Waals surface area contributed by atoms with E-state index in [1.165, 1.54) is 18.2 Å². The summed E-state index contributed by atoms with van der Waals surface area (Å²) < 4.78 is 13.2. The molecule has 2 aromatic rings. The molecule has 0 radical (unpaired) electrons. The SMILES string of the molecule is Cc1cc(C=CC(=O)N2C3CNCC2CN(Cc2ccc(F)cc2)C3)c(NC(N)=O)cc1Cl. The summed E-state index contributed by atoms with van der Waals surface area (Å²) in [6.45, 7) is 5.46. The van der Waals surface area contributed by atoms with E-state index in [0.29, 0.717) is 29.4 Å². The fourth-order valence-electron chi connectivity index (χ4n) is 4.55. The van der Waals surface area contributed by atoms with Gasteiger partial charge in [0, 0.05) is 43.8 Å². The van der Waals surface area contributed by atoms with E-state index >= 15 is 0 Å². The summed E-state index contributed by atoms with van der Waals surface area (Å²) in [5, 5.41) is 6.47. The van der Waals surface area contributed by atoms with Crippen molar-refractivity contribution >= 4 is 35.3 Å². The lowest BCUT2D eigenvalue weighted by Gasteiger charge is -2.50. The van der Waals surface area contributed by atoms with Crippen molar-refractivity contribution in [3.63, 3.8) is 0 Å². The number of carbonyl (C=O) groups excluding carboxylic acids is 2. The topological polar surface area (TPSA) is 90.7 Å². The van der Waals surface area contributed by atoms with Crippen LogP contribution in [0.2, 0.25) is 5.02 Å². The number of anilines is 1. The van der Waals surface area contributed by atoms with Crippen LogP contribution in [-0.4, -0.2) is 60.0 Å². The molecule has 4 N–H and O–H groups in total. The van der Waals surface area contributed by atoms with E-state index < -0.39 is 6.03 Å². The number of nitrogens with two attached hydrogens (primary N) is 1. The molecule has 2 heterocycles. The van der Waals surface area contributed by atoms with E-state index in [1.54, 1.807) is 30.3 Å². The first-order valence-corrected chi connectivity index (χ1v) is 11.2. The van der Waals surface area contributed by atoms with Crippen molar-refractivity contribution in [3.8, 4) is 0 Å². The number of aryl methyl sites for hydroxylation is 1. The van der Waals surface area contributed by atoms with Crippen LogP contribution in [0.4, 0.5) is 14.9 Å². The Balaban J connectivity index is 1.48. The van der Waals surface area contributed by atoms with Gasteiger partial charge in [-0.3, -0.25) is 9.69 Å². The molecular formula is C24H27ClFN5O2. The molecule has 33 heavy (non-hydrogen) atoms. The smallest absolute Gasteiger partial charge is 0.316 e. The number of fused-ring (bicyclic) bond motifs is 2. The van der Waals surface area contributed by atoms with Gasteiger partial charge >= 0.3 is 6.03 Å². The van der Waals surface area contributed by atoms with E-state index in [9.17, 15) is 14.0 Å². The normalized spacial score (nSPS) is 20.8. The highest BCUT2D eigenvalue weighted by molar-refractivity contribution is 6.31. The molecule has 2 saturated heterocycles. The van der Waals surface area contributed by atoms with Crippen molar-refractivity contribution in [2.75, 3.05) is 31.5 Å². The Kier molecular flexibility index (Phi) is 6.97. The Morgan fingerprint density at radius 3 is 2.52 bits per heavy atom. The predicted octanol–water partition coefficient (Wildman–Crippen LogP) is 2.98. The fraction of sp³-hybridized carbons (Fsp3) is 0.333. The number of carbonyl (C=O) groups is 2. The highest BCUT2D eigenvalue weighted by Gasteiger charge is 2.39. The fourth-order valence-corrected chi connectivity index (χ4v) is 4.72. The van der Waals surface area contributed by atoms with Crippen LogP contribution in [0, 0.1) is 12.7 Å². The molecule has 0 aliphatic carbocycles. The number of benzene rings is 2. The Bertz CT molecular complexity index is 1060. The molecule has 3 amide bonds. The molecule has 174 valence electrons. The third-order valence-corrected chi connectivity index (χ3v) is 6.46. The first-order chi connectivity index (χ1) is 15.8. The first-order valence-electron chi connectivity index (χ1n) is 10.8. The molecule has 2 bridgehead atoms. The molecule has 2 unspecified atom stereocenters. The second kappa shape index (κ2) is 9.91. The minimum absolute atomic E-state index is 0.0327. The monoisotopic (exact) mass is 471 g/mol. The first kappa shape index (κ1) is 23.2. The summed E-state index contributed by atoms with van der Waals surface area (Å²) in [4.78, 5) is 28.8. The second-order valence-electron chi connectivity index (χ2n) is 8.54. The lowest BCUT2D eigenvalue weighted by Crippen LogP contribution is -2.68. The molecule has 7 nitrogen and oxygen atoms in total. The molecule has 2 atom stereocenters. The Morgan fingerprint density at radius 1 is 1.21 bits per heavy atom. The van der Waals surface area contributed by atoms with Gasteiger partial charge in [-0.25, -0.2) is 9.18 Å². The van der Waals surface area contributed by atoms with Gasteiger partial charge in [-0.05, 0) is 54.0 Å². The Morgan fingerprint density at radius 2 is 1.88 bits per heavy atom. The van der Waals surface area contributed by atoms with Crippen LogP contribution in [0.25, 0.3) is 6.08 Å². The second-order valence-corrected chi connectivity index (χ2v) is 8.95. The number of hydrogen-bond acceptors (Lipinski definition) is 4. The molecule has 2 aliphatic heterocycles. The van der Waals surface area contributed by atoms with Crippen molar-refractivity contribution in [2.24, 2.45) is 5.73 Å². The summed E-state index contributed by atoms with van der Waals surface area (Å²) in [5.74, 6) is -0.322. The maximum absolute atomic E-state index is 13.2. The summed E-state index contributed by atoms with van der Waals surface area (Å²) in [6, 6.07) is 9.35. The van der Waals surface area contributed by atoms with E-state index in [0.717, 1.165) is 30.8 Å². The van der Waals surface area contributed by atoms with Gasteiger partial charge in [-0.15, -0.1) is 0 Å². The lowest BCUT2D eigenvalue weighted by molar-refractivity contribution is -0.136. The van der Waals surface area contributed by atoms with Crippen molar-refractivity contribution < 1.29 is 14.0 Å². The minimum atomic E-state index is -0.700. The van der Waals surface area contributed by atoms with Gasteiger partial charge in [0.1, 0.15) is 5.82 Å². The van der Waals surface area contributed by atoms with E-state index in [4.69, 9.17) is 17.3 Å². The van der Waals surface area contributed by atoms with Gasteiger partial charge in [0.15, 0.2) is 0 Å². The minimum Gasteiger partial charge on any atom is -0.351 e. The number of urea groups is 1. The molecule has 2 fully saturated rings. The van der Waals surface area contributed by atoms with Crippen LogP contribution < -0.4 is 16.4 Å². The quantitative estimate of drug-likeness (QED) is 0.585. The number of nitrogens with one attached hydrogen (secondary N) is 2. The van der Waals surface area contributed by atoms with Crippen LogP contribution in [0.1, 0.15) is 16.7 Å². The molecule has 2 aromatic carbocycles. The molecule has 2 aliphatic rings. The molecule has 0 spiro atoms. The van der Waals surface area contributed by atoms with Crippen LogP contribution in [0.5, 0.6) is 0 Å². The number of halogens is 2. The third-order valence-electron chi connectivity index (χ3n) is 6.05. The van der Waals surface area contributed by atoms with E-state index in [1.807, 2.05) is 11.8 Å². The van der Waals surface area contributed by atoms with Crippen molar-refractivity contribution in [1.29, 1.82) is 0 Å². The zero-order chi connectivity index (χ0) is 23.5. The van der Waals surface area contributed by atoms with Gasteiger partial charge in [0.25, 0.3) is 0 Å². The van der Waals surface area contributed by atoms with E-state index in [-0.39, 0.29) is 23.8 Å². The maximum atomic E-state index is 13.2. The summed E-state index contributed by atoms with van der Waals surface area (Å²) >= 11 is 6.18. The molecule has 0 aromatic heterocycles. The van der Waals surface area contributed by atoms with Crippen LogP contribution in [0.15, 0.2) is 42.5 Å².